The largest absolute Gasteiger partial charge is 0.489 e. The summed E-state index contributed by atoms with van der Waals surface area (Å²) < 4.78 is 6.43. The van der Waals surface area contributed by atoms with E-state index in [1.165, 1.54) is 17.5 Å². The lowest BCUT2D eigenvalue weighted by Crippen LogP contribution is -2.58. The van der Waals surface area contributed by atoms with Gasteiger partial charge in [0.2, 0.25) is 17.7 Å². The van der Waals surface area contributed by atoms with Crippen LogP contribution in [-0.4, -0.2) is 78.7 Å². The van der Waals surface area contributed by atoms with Crippen LogP contribution in [-0.2, 0) is 33.6 Å². The van der Waals surface area contributed by atoms with Crippen LogP contribution in [0, 0.1) is 0 Å². The predicted molar refractivity (Wildman–Crippen MR) is 158 cm³/mol. The van der Waals surface area contributed by atoms with Gasteiger partial charge < -0.3 is 30.7 Å². The molecular weight excluding hydrogens is 544 g/mol. The van der Waals surface area contributed by atoms with Gasteiger partial charge in [-0.3, -0.25) is 14.4 Å². The zero-order valence-corrected chi connectivity index (χ0v) is 24.6. The van der Waals surface area contributed by atoms with Crippen molar-refractivity contribution < 1.29 is 24.2 Å². The molecule has 0 fully saturated rings. The van der Waals surface area contributed by atoms with Crippen molar-refractivity contribution in [1.29, 1.82) is 0 Å². The van der Waals surface area contributed by atoms with Gasteiger partial charge in [-0.15, -0.1) is 0 Å². The van der Waals surface area contributed by atoms with E-state index < -0.39 is 30.6 Å². The van der Waals surface area contributed by atoms with Gasteiger partial charge in [-0.25, -0.2) is 0 Å². The average molecular weight is 585 g/mol. The Kier molecular flexibility index (Phi) is 11.0. The van der Waals surface area contributed by atoms with E-state index in [0.29, 0.717) is 31.0 Å². The zero-order valence-electron chi connectivity index (χ0n) is 23.8. The van der Waals surface area contributed by atoms with E-state index in [1.54, 1.807) is 24.3 Å². The molecule has 9 nitrogen and oxygen atoms in total. The third kappa shape index (κ3) is 7.99. The van der Waals surface area contributed by atoms with Gasteiger partial charge in [0.15, 0.2) is 0 Å². The second-order valence-corrected chi connectivity index (χ2v) is 11.3. The fourth-order valence-corrected chi connectivity index (χ4v) is 5.60. The molecule has 2 bridgehead atoms. The number of fused-ring (bicyclic) bond motifs is 1. The fourth-order valence-electron chi connectivity index (χ4n) is 5.47. The summed E-state index contributed by atoms with van der Waals surface area (Å²) in [5, 5.41) is 19.9. The number of aliphatic hydroxyl groups excluding tert-OH is 1. The third-order valence-electron chi connectivity index (χ3n) is 7.86. The summed E-state index contributed by atoms with van der Waals surface area (Å²) in [4.78, 5) is 41.6. The highest BCUT2D eigenvalue weighted by molar-refractivity contribution is 6.30. The number of ether oxygens (including phenoxy) is 1. The predicted octanol–water partition coefficient (Wildman–Crippen LogP) is 2.40. The Hall–Kier alpha value is -3.14. The van der Waals surface area contributed by atoms with Crippen LogP contribution in [0.3, 0.4) is 0 Å². The molecule has 2 aliphatic rings. The lowest BCUT2D eigenvalue weighted by atomic mass is 9.96. The summed E-state index contributed by atoms with van der Waals surface area (Å²) in [5.74, 6) is -0.317. The van der Waals surface area contributed by atoms with E-state index in [2.05, 4.69) is 28.1 Å². The van der Waals surface area contributed by atoms with Crippen molar-refractivity contribution in [2.45, 2.75) is 76.1 Å². The molecule has 222 valence electrons. The maximum absolute atomic E-state index is 13.6. The van der Waals surface area contributed by atoms with Crippen molar-refractivity contribution >= 4 is 29.3 Å². The van der Waals surface area contributed by atoms with E-state index in [-0.39, 0.29) is 24.3 Å². The van der Waals surface area contributed by atoms with Crippen molar-refractivity contribution in [3.05, 3.63) is 64.2 Å². The number of para-hydroxylation sites is 1. The monoisotopic (exact) mass is 584 g/mol. The molecule has 4 N–H and O–H groups in total. The van der Waals surface area contributed by atoms with Gasteiger partial charge in [0, 0.05) is 31.6 Å². The number of aliphatic hydroxyl groups is 1. The summed E-state index contributed by atoms with van der Waals surface area (Å²) in [6.45, 7) is 2.33. The summed E-state index contributed by atoms with van der Waals surface area (Å²) in [6, 6.07) is 10.7. The number of halogens is 1. The molecule has 4 atom stereocenters. The minimum Gasteiger partial charge on any atom is -0.489 e. The Balaban J connectivity index is 1.61. The SMILES string of the molecule is CCCC1NCC2CCc3cccc(c3O2)CCCNC(=O)[C@@H](Cc2ccc(Cl)cc2)NC(=O)[C@H](CO)N(C)C1=O. The summed E-state index contributed by atoms with van der Waals surface area (Å²) in [6.07, 6.45) is 4.61. The Labute approximate surface area is 247 Å². The molecule has 3 amide bonds. The van der Waals surface area contributed by atoms with Gasteiger partial charge in [-0.05, 0) is 60.9 Å². The Bertz CT molecular complexity index is 1210. The Morgan fingerprint density at radius 2 is 1.76 bits per heavy atom. The van der Waals surface area contributed by atoms with Crippen LogP contribution in [0.15, 0.2) is 42.5 Å². The fraction of sp³-hybridized carbons (Fsp3) is 0.516. The summed E-state index contributed by atoms with van der Waals surface area (Å²) >= 11 is 6.03. The molecular formula is C31H41ClN4O5. The molecule has 0 radical (unpaired) electrons. The van der Waals surface area contributed by atoms with Crippen molar-refractivity contribution in [2.24, 2.45) is 0 Å². The lowest BCUT2D eigenvalue weighted by Gasteiger charge is -2.33. The van der Waals surface area contributed by atoms with Crippen LogP contribution in [0.2, 0.25) is 5.02 Å². The van der Waals surface area contributed by atoms with Crippen molar-refractivity contribution in [3.63, 3.8) is 0 Å². The standard InChI is InChI=1S/C31H41ClN4O5/c1-3-6-25-31(40)36(2)27(19-37)30(39)35-26(17-20-10-13-23(32)14-11-20)29(38)33-16-5-9-21-7-4-8-22-12-15-24(18-34-25)41-28(21)22/h4,7-8,10-11,13-14,24-27,34,37H,3,5-6,9,12,15-19H2,1-2H3,(H,33,38)(H,35,39)/t24?,25?,26-,27+/m1/s1. The molecule has 0 saturated carbocycles. The first kappa shape index (κ1) is 30.8. The van der Waals surface area contributed by atoms with E-state index >= 15 is 0 Å². The lowest BCUT2D eigenvalue weighted by molar-refractivity contribution is -0.143. The highest BCUT2D eigenvalue weighted by atomic mass is 35.5. The summed E-state index contributed by atoms with van der Waals surface area (Å²) in [7, 11) is 1.51. The number of carbonyl (C=O) groups is 3. The topological polar surface area (TPSA) is 120 Å². The first-order chi connectivity index (χ1) is 19.8. The van der Waals surface area contributed by atoms with Crippen LogP contribution in [0.5, 0.6) is 5.75 Å². The Morgan fingerprint density at radius 1 is 1.02 bits per heavy atom. The van der Waals surface area contributed by atoms with Crippen molar-refractivity contribution in [1.82, 2.24) is 20.9 Å². The molecule has 2 aromatic carbocycles. The van der Waals surface area contributed by atoms with Crippen LogP contribution in [0.1, 0.15) is 49.3 Å². The number of carbonyl (C=O) groups excluding carboxylic acids is 3. The molecule has 2 aliphatic heterocycles. The molecule has 2 heterocycles. The number of aryl methyl sites for hydroxylation is 2. The first-order valence-electron chi connectivity index (χ1n) is 14.5. The molecule has 41 heavy (non-hydrogen) atoms. The number of rotatable bonds is 5. The third-order valence-corrected chi connectivity index (χ3v) is 8.12. The molecule has 4 rings (SSSR count). The van der Waals surface area contributed by atoms with E-state index in [9.17, 15) is 19.5 Å². The number of likely N-dealkylation sites (N-methyl/N-ethyl adjacent to an activating group) is 1. The molecule has 0 spiro atoms. The maximum atomic E-state index is 13.6. The molecule has 0 aliphatic carbocycles. The van der Waals surface area contributed by atoms with Gasteiger partial charge in [0.1, 0.15) is 23.9 Å². The minimum atomic E-state index is -1.15. The highest BCUT2D eigenvalue weighted by Gasteiger charge is 2.33. The number of nitrogens with one attached hydrogen (secondary N) is 3. The molecule has 2 unspecified atom stereocenters. The zero-order chi connectivity index (χ0) is 29.4. The maximum Gasteiger partial charge on any atom is 0.245 e. The number of benzene rings is 2. The van der Waals surface area contributed by atoms with Gasteiger partial charge in [0.05, 0.1) is 12.6 Å². The Morgan fingerprint density at radius 3 is 2.46 bits per heavy atom. The molecule has 0 saturated heterocycles. The minimum absolute atomic E-state index is 0.0924. The number of hydrogen-bond acceptors (Lipinski definition) is 6. The number of hydrogen-bond donors (Lipinski definition) is 4. The van der Waals surface area contributed by atoms with E-state index in [1.807, 2.05) is 13.0 Å². The molecule has 0 aromatic heterocycles. The van der Waals surface area contributed by atoms with Crippen LogP contribution in [0.4, 0.5) is 0 Å². The normalized spacial score (nSPS) is 24.5. The number of amides is 3. The van der Waals surface area contributed by atoms with Crippen molar-refractivity contribution in [2.75, 3.05) is 26.7 Å². The van der Waals surface area contributed by atoms with E-state index in [0.717, 1.165) is 42.6 Å². The van der Waals surface area contributed by atoms with Crippen LogP contribution >= 0.6 is 11.6 Å². The smallest absolute Gasteiger partial charge is 0.245 e. The van der Waals surface area contributed by atoms with Crippen LogP contribution in [0.25, 0.3) is 0 Å². The second kappa shape index (κ2) is 14.7. The van der Waals surface area contributed by atoms with Crippen molar-refractivity contribution in [3.8, 4) is 5.75 Å². The van der Waals surface area contributed by atoms with Gasteiger partial charge in [0.25, 0.3) is 0 Å². The van der Waals surface area contributed by atoms with E-state index in [4.69, 9.17) is 16.3 Å². The van der Waals surface area contributed by atoms with Gasteiger partial charge in [-0.1, -0.05) is 55.3 Å². The van der Waals surface area contributed by atoms with Crippen LogP contribution < -0.4 is 20.7 Å². The van der Waals surface area contributed by atoms with Gasteiger partial charge >= 0.3 is 0 Å². The second-order valence-electron chi connectivity index (χ2n) is 10.9. The average Bonchev–Trinajstić information content (AvgIpc) is 2.97. The van der Waals surface area contributed by atoms with Gasteiger partial charge in [-0.2, -0.15) is 0 Å². The molecule has 2 aromatic rings. The quantitative estimate of drug-likeness (QED) is 0.428. The summed E-state index contributed by atoms with van der Waals surface area (Å²) in [5.41, 5.74) is 3.09. The first-order valence-corrected chi connectivity index (χ1v) is 14.9. The molecule has 10 heteroatoms. The highest BCUT2D eigenvalue weighted by Crippen LogP contribution is 2.32. The number of nitrogens with zero attached hydrogens (tertiary/aromatic N) is 1.